The second-order valence-electron chi connectivity index (χ2n) is 4.76. The topological polar surface area (TPSA) is 73.0 Å². The maximum atomic E-state index is 11.4. The molecule has 6 heteroatoms. The fraction of sp³-hybridized carbons (Fsp3) is 0.357. The summed E-state index contributed by atoms with van der Waals surface area (Å²) in [5.41, 5.74) is 7.80. The Morgan fingerprint density at radius 2 is 1.95 bits per heavy atom. The monoisotopic (exact) mass is 310 g/mol. The minimum absolute atomic E-state index is 0.0194. The van der Waals surface area contributed by atoms with Crippen molar-refractivity contribution < 1.29 is 8.42 Å². The van der Waals surface area contributed by atoms with E-state index >= 15 is 0 Å². The minimum atomic E-state index is -3.16. The number of rotatable bonds is 5. The number of hydrogen-bond donors (Lipinski definition) is 1. The fourth-order valence-electron chi connectivity index (χ4n) is 1.90. The number of benzene rings is 1. The summed E-state index contributed by atoms with van der Waals surface area (Å²) in [6.45, 7) is 2.10. The van der Waals surface area contributed by atoms with Crippen LogP contribution in [0.2, 0.25) is 0 Å². The summed E-state index contributed by atoms with van der Waals surface area (Å²) < 4.78 is 22.8. The van der Waals surface area contributed by atoms with Gasteiger partial charge >= 0.3 is 0 Å². The average molecular weight is 310 g/mol. The van der Waals surface area contributed by atoms with Gasteiger partial charge < -0.3 is 5.73 Å². The summed E-state index contributed by atoms with van der Waals surface area (Å²) in [5, 5.41) is 2.88. The molecule has 2 aromatic rings. The van der Waals surface area contributed by atoms with Crippen LogP contribution in [-0.4, -0.2) is 19.7 Å². The molecule has 1 heterocycles. The third-order valence-corrected chi connectivity index (χ3v) is 5.12. The van der Waals surface area contributed by atoms with Crippen molar-refractivity contribution in [2.45, 2.75) is 30.7 Å². The van der Waals surface area contributed by atoms with Crippen molar-refractivity contribution >= 4 is 21.2 Å². The van der Waals surface area contributed by atoms with Crippen molar-refractivity contribution in [3.05, 3.63) is 34.7 Å². The zero-order valence-corrected chi connectivity index (χ0v) is 13.2. The van der Waals surface area contributed by atoms with Crippen LogP contribution in [0.3, 0.4) is 0 Å². The van der Waals surface area contributed by atoms with Gasteiger partial charge in [0.25, 0.3) is 0 Å². The van der Waals surface area contributed by atoms with Gasteiger partial charge in [0.2, 0.25) is 0 Å². The predicted octanol–water partition coefficient (Wildman–Crippen LogP) is 3.01. The number of nitrogens with zero attached hydrogens (tertiary/aromatic N) is 1. The third kappa shape index (κ3) is 3.45. The van der Waals surface area contributed by atoms with Crippen molar-refractivity contribution in [3.63, 3.8) is 0 Å². The Bertz CT molecular complexity index is 675. The highest BCUT2D eigenvalue weighted by molar-refractivity contribution is 7.90. The molecule has 0 fully saturated rings. The van der Waals surface area contributed by atoms with Crippen molar-refractivity contribution in [1.29, 1.82) is 0 Å². The van der Waals surface area contributed by atoms with Gasteiger partial charge in [-0.3, -0.25) is 0 Å². The highest BCUT2D eigenvalue weighted by atomic mass is 32.2. The number of thiazole rings is 1. The zero-order valence-electron chi connectivity index (χ0n) is 11.5. The van der Waals surface area contributed by atoms with Gasteiger partial charge in [-0.25, -0.2) is 13.4 Å². The van der Waals surface area contributed by atoms with Crippen LogP contribution >= 0.6 is 11.3 Å². The third-order valence-electron chi connectivity index (χ3n) is 3.02. The fourth-order valence-corrected chi connectivity index (χ4v) is 3.39. The van der Waals surface area contributed by atoms with E-state index in [2.05, 4.69) is 11.9 Å². The largest absolute Gasteiger partial charge is 0.322 e. The molecule has 0 aliphatic carbocycles. The summed E-state index contributed by atoms with van der Waals surface area (Å²) in [4.78, 5) is 4.85. The van der Waals surface area contributed by atoms with Gasteiger partial charge in [-0.2, -0.15) is 0 Å². The SMILES string of the molecule is CCCC(N)c1nc(-c2ccc(S(C)(=O)=O)cc2)cs1. The summed E-state index contributed by atoms with van der Waals surface area (Å²) in [6, 6.07) is 6.75. The molecule has 1 aromatic heterocycles. The van der Waals surface area contributed by atoms with Crippen molar-refractivity contribution in [2.75, 3.05) is 6.26 Å². The van der Waals surface area contributed by atoms with Crippen LogP contribution in [-0.2, 0) is 9.84 Å². The van der Waals surface area contributed by atoms with Gasteiger partial charge in [0.15, 0.2) is 9.84 Å². The van der Waals surface area contributed by atoms with E-state index < -0.39 is 9.84 Å². The Morgan fingerprint density at radius 3 is 2.50 bits per heavy atom. The highest BCUT2D eigenvalue weighted by Gasteiger charge is 2.12. The molecule has 2 N–H and O–H groups in total. The molecule has 0 saturated heterocycles. The molecule has 108 valence electrons. The van der Waals surface area contributed by atoms with Crippen molar-refractivity contribution in [2.24, 2.45) is 5.73 Å². The van der Waals surface area contributed by atoms with E-state index in [1.54, 1.807) is 35.6 Å². The first-order valence-corrected chi connectivity index (χ1v) is 9.20. The Hall–Kier alpha value is -1.24. The molecule has 0 saturated carbocycles. The summed E-state index contributed by atoms with van der Waals surface area (Å²) in [5.74, 6) is 0. The number of hydrogen-bond acceptors (Lipinski definition) is 5. The van der Waals surface area contributed by atoms with Crippen LogP contribution < -0.4 is 5.73 Å². The first-order valence-electron chi connectivity index (χ1n) is 6.43. The van der Waals surface area contributed by atoms with Crippen LogP contribution in [0.15, 0.2) is 34.5 Å². The van der Waals surface area contributed by atoms with Gasteiger partial charge in [-0.05, 0) is 18.6 Å². The maximum absolute atomic E-state index is 11.4. The molecule has 0 aliphatic heterocycles. The number of nitrogens with two attached hydrogens (primary N) is 1. The summed E-state index contributed by atoms with van der Waals surface area (Å²) >= 11 is 1.55. The maximum Gasteiger partial charge on any atom is 0.175 e. The van der Waals surface area contributed by atoms with E-state index in [-0.39, 0.29) is 6.04 Å². The Balaban J connectivity index is 2.24. The van der Waals surface area contributed by atoms with Crippen LogP contribution in [0.5, 0.6) is 0 Å². The molecule has 0 radical (unpaired) electrons. The van der Waals surface area contributed by atoms with E-state index in [1.165, 1.54) is 6.26 Å². The predicted molar refractivity (Wildman–Crippen MR) is 82.5 cm³/mol. The van der Waals surface area contributed by atoms with Gasteiger partial charge in [0, 0.05) is 17.2 Å². The quantitative estimate of drug-likeness (QED) is 0.921. The van der Waals surface area contributed by atoms with E-state index in [4.69, 9.17) is 5.73 Å². The Morgan fingerprint density at radius 1 is 1.30 bits per heavy atom. The molecule has 20 heavy (non-hydrogen) atoms. The van der Waals surface area contributed by atoms with E-state index in [1.807, 2.05) is 5.38 Å². The first-order chi connectivity index (χ1) is 9.41. The zero-order chi connectivity index (χ0) is 14.8. The van der Waals surface area contributed by atoms with Crippen LogP contribution in [0.1, 0.15) is 30.8 Å². The lowest BCUT2D eigenvalue weighted by atomic mass is 10.1. The smallest absolute Gasteiger partial charge is 0.175 e. The van der Waals surface area contributed by atoms with E-state index in [0.717, 1.165) is 29.1 Å². The Kier molecular flexibility index (Phi) is 4.57. The molecule has 1 atom stereocenters. The van der Waals surface area contributed by atoms with Gasteiger partial charge in [0.1, 0.15) is 5.01 Å². The first kappa shape index (κ1) is 15.2. The summed E-state index contributed by atoms with van der Waals surface area (Å²) in [7, 11) is -3.16. The van der Waals surface area contributed by atoms with Gasteiger partial charge in [-0.1, -0.05) is 25.5 Å². The lowest BCUT2D eigenvalue weighted by Crippen LogP contribution is -2.09. The summed E-state index contributed by atoms with van der Waals surface area (Å²) in [6.07, 6.45) is 3.14. The molecular weight excluding hydrogens is 292 g/mol. The molecule has 1 unspecified atom stereocenters. The lowest BCUT2D eigenvalue weighted by Gasteiger charge is -2.05. The molecule has 2 rings (SSSR count). The molecule has 4 nitrogen and oxygen atoms in total. The van der Waals surface area contributed by atoms with E-state index in [9.17, 15) is 8.42 Å². The molecule has 1 aromatic carbocycles. The van der Waals surface area contributed by atoms with Crippen LogP contribution in [0, 0.1) is 0 Å². The lowest BCUT2D eigenvalue weighted by molar-refractivity contribution is 0.602. The highest BCUT2D eigenvalue weighted by Crippen LogP contribution is 2.27. The van der Waals surface area contributed by atoms with Crippen molar-refractivity contribution in [3.8, 4) is 11.3 Å². The number of aromatic nitrogens is 1. The minimum Gasteiger partial charge on any atom is -0.322 e. The number of sulfone groups is 1. The molecule has 0 aliphatic rings. The van der Waals surface area contributed by atoms with Crippen LogP contribution in [0.4, 0.5) is 0 Å². The normalized spacial score (nSPS) is 13.3. The van der Waals surface area contributed by atoms with Crippen LogP contribution in [0.25, 0.3) is 11.3 Å². The van der Waals surface area contributed by atoms with Gasteiger partial charge in [0.05, 0.1) is 16.6 Å². The van der Waals surface area contributed by atoms with Crippen molar-refractivity contribution in [1.82, 2.24) is 4.98 Å². The average Bonchev–Trinajstić information content (AvgIpc) is 2.88. The second-order valence-corrected chi connectivity index (χ2v) is 7.67. The van der Waals surface area contributed by atoms with E-state index in [0.29, 0.717) is 4.90 Å². The van der Waals surface area contributed by atoms with Gasteiger partial charge in [-0.15, -0.1) is 11.3 Å². The Labute approximate surface area is 123 Å². The second kappa shape index (κ2) is 6.03. The standard InChI is InChI=1S/C14H18N2O2S2/c1-3-4-12(15)14-16-13(9-19-14)10-5-7-11(8-6-10)20(2,17)18/h5-9,12H,3-4,15H2,1-2H3. The molecule has 0 bridgehead atoms. The molecular formula is C14H18N2O2S2. The molecule has 0 amide bonds. The molecule has 0 spiro atoms.